The molecule has 1 fully saturated rings. The Labute approximate surface area is 87.8 Å². The topological polar surface area (TPSA) is 63.5 Å². The molecule has 5 nitrogen and oxygen atoms in total. The van der Waals surface area contributed by atoms with Crippen LogP contribution in [0.25, 0.3) is 0 Å². The maximum absolute atomic E-state index is 11.5. The number of hydrogen-bond donors (Lipinski definition) is 2. The highest BCUT2D eigenvalue weighted by molar-refractivity contribution is 5.93. The van der Waals surface area contributed by atoms with E-state index in [1.165, 1.54) is 12.5 Å². The Morgan fingerprint density at radius 2 is 2.60 bits per heavy atom. The van der Waals surface area contributed by atoms with Crippen LogP contribution in [0.3, 0.4) is 0 Å². The van der Waals surface area contributed by atoms with E-state index in [4.69, 9.17) is 9.15 Å². The van der Waals surface area contributed by atoms with Crippen molar-refractivity contribution in [1.29, 1.82) is 0 Å². The Kier molecular flexibility index (Phi) is 3.37. The van der Waals surface area contributed by atoms with Gasteiger partial charge in [-0.1, -0.05) is 0 Å². The largest absolute Gasteiger partial charge is 0.472 e. The molecule has 0 radical (unpaired) electrons. The molecule has 0 bridgehead atoms. The van der Waals surface area contributed by atoms with Gasteiger partial charge in [-0.05, 0) is 6.07 Å². The third-order valence-corrected chi connectivity index (χ3v) is 2.28. The van der Waals surface area contributed by atoms with Gasteiger partial charge >= 0.3 is 0 Å². The Bertz CT molecular complexity index is 304. The van der Waals surface area contributed by atoms with Gasteiger partial charge < -0.3 is 19.8 Å². The molecule has 1 unspecified atom stereocenters. The van der Waals surface area contributed by atoms with E-state index in [1.807, 2.05) is 0 Å². The first-order valence-electron chi connectivity index (χ1n) is 4.99. The first-order chi connectivity index (χ1) is 7.36. The van der Waals surface area contributed by atoms with E-state index in [1.54, 1.807) is 6.07 Å². The highest BCUT2D eigenvalue weighted by Crippen LogP contribution is 2.00. The maximum Gasteiger partial charge on any atom is 0.254 e. The third-order valence-electron chi connectivity index (χ3n) is 2.28. The van der Waals surface area contributed by atoms with Crippen molar-refractivity contribution in [3.63, 3.8) is 0 Å². The summed E-state index contributed by atoms with van der Waals surface area (Å²) in [6.45, 7) is 2.89. The molecule has 0 saturated carbocycles. The zero-order valence-corrected chi connectivity index (χ0v) is 8.36. The molecule has 1 aliphatic rings. The van der Waals surface area contributed by atoms with Crippen molar-refractivity contribution < 1.29 is 13.9 Å². The summed E-state index contributed by atoms with van der Waals surface area (Å²) in [5.74, 6) is -0.127. The maximum atomic E-state index is 11.5. The zero-order chi connectivity index (χ0) is 10.5. The van der Waals surface area contributed by atoms with Crippen LogP contribution in [0.5, 0.6) is 0 Å². The molecular formula is C10H14N2O3. The van der Waals surface area contributed by atoms with Gasteiger partial charge in [0.05, 0.1) is 24.5 Å². The van der Waals surface area contributed by atoms with Crippen LogP contribution in [0.15, 0.2) is 23.0 Å². The second kappa shape index (κ2) is 4.95. The standard InChI is InChI=1S/C10H14N2O3/c13-10(8-1-3-14-7-8)12-6-9-5-11-2-4-15-9/h1,3,7,9,11H,2,4-6H2,(H,12,13). The fraction of sp³-hybridized carbons (Fsp3) is 0.500. The van der Waals surface area contributed by atoms with Gasteiger partial charge in [0.15, 0.2) is 0 Å². The van der Waals surface area contributed by atoms with Gasteiger partial charge in [-0.3, -0.25) is 4.79 Å². The van der Waals surface area contributed by atoms with Gasteiger partial charge in [0.2, 0.25) is 0 Å². The van der Waals surface area contributed by atoms with E-state index in [9.17, 15) is 4.79 Å². The highest BCUT2D eigenvalue weighted by atomic mass is 16.5. The van der Waals surface area contributed by atoms with E-state index in [-0.39, 0.29) is 12.0 Å². The average Bonchev–Trinajstić information content (AvgIpc) is 2.81. The SMILES string of the molecule is O=C(NCC1CNCCO1)c1ccoc1. The van der Waals surface area contributed by atoms with Crippen molar-refractivity contribution in [2.75, 3.05) is 26.2 Å². The summed E-state index contributed by atoms with van der Waals surface area (Å²) >= 11 is 0. The smallest absolute Gasteiger partial charge is 0.254 e. The molecule has 2 rings (SSSR count). The lowest BCUT2D eigenvalue weighted by molar-refractivity contribution is 0.0287. The van der Waals surface area contributed by atoms with E-state index in [0.717, 1.165) is 13.1 Å². The Morgan fingerprint density at radius 3 is 3.27 bits per heavy atom. The first-order valence-corrected chi connectivity index (χ1v) is 4.99. The Balaban J connectivity index is 1.75. The van der Waals surface area contributed by atoms with Crippen LogP contribution in [-0.4, -0.2) is 38.3 Å². The molecule has 5 heteroatoms. The van der Waals surface area contributed by atoms with Gasteiger partial charge in [0.1, 0.15) is 6.26 Å². The minimum absolute atomic E-state index is 0.0644. The molecular weight excluding hydrogens is 196 g/mol. The van der Waals surface area contributed by atoms with Crippen molar-refractivity contribution in [3.05, 3.63) is 24.2 Å². The predicted molar refractivity (Wildman–Crippen MR) is 53.7 cm³/mol. The van der Waals surface area contributed by atoms with Crippen LogP contribution < -0.4 is 10.6 Å². The minimum Gasteiger partial charge on any atom is -0.472 e. The number of nitrogens with one attached hydrogen (secondary N) is 2. The molecule has 15 heavy (non-hydrogen) atoms. The molecule has 1 amide bonds. The summed E-state index contributed by atoms with van der Waals surface area (Å²) in [5, 5.41) is 5.99. The lowest BCUT2D eigenvalue weighted by Gasteiger charge is -2.23. The van der Waals surface area contributed by atoms with Gasteiger partial charge in [-0.15, -0.1) is 0 Å². The highest BCUT2D eigenvalue weighted by Gasteiger charge is 2.14. The molecule has 1 aromatic rings. The quantitative estimate of drug-likeness (QED) is 0.737. The Hall–Kier alpha value is -1.33. The molecule has 1 aromatic heterocycles. The first kappa shape index (κ1) is 10.2. The van der Waals surface area contributed by atoms with E-state index in [0.29, 0.717) is 18.7 Å². The van der Waals surface area contributed by atoms with Gasteiger partial charge in [0.25, 0.3) is 5.91 Å². The summed E-state index contributed by atoms with van der Waals surface area (Å²) < 4.78 is 10.3. The molecule has 2 heterocycles. The molecule has 82 valence electrons. The number of carbonyl (C=O) groups is 1. The summed E-state index contributed by atoms with van der Waals surface area (Å²) in [6, 6.07) is 1.63. The van der Waals surface area contributed by atoms with E-state index >= 15 is 0 Å². The number of rotatable bonds is 3. The van der Waals surface area contributed by atoms with Crippen molar-refractivity contribution in [3.8, 4) is 0 Å². The third kappa shape index (κ3) is 2.81. The molecule has 0 aliphatic carbocycles. The van der Waals surface area contributed by atoms with Gasteiger partial charge in [0, 0.05) is 19.6 Å². The van der Waals surface area contributed by atoms with Gasteiger partial charge in [-0.25, -0.2) is 0 Å². The number of carbonyl (C=O) groups excluding carboxylic acids is 1. The lowest BCUT2D eigenvalue weighted by Crippen LogP contribution is -2.45. The monoisotopic (exact) mass is 210 g/mol. The second-order valence-corrected chi connectivity index (χ2v) is 3.42. The predicted octanol–water partition coefficient (Wildman–Crippen LogP) is -0.00220. The van der Waals surface area contributed by atoms with Crippen LogP contribution in [0.2, 0.25) is 0 Å². The number of furan rings is 1. The zero-order valence-electron chi connectivity index (χ0n) is 8.36. The number of ether oxygens (including phenoxy) is 1. The minimum atomic E-state index is -0.127. The normalized spacial score (nSPS) is 21.2. The number of morpholine rings is 1. The van der Waals surface area contributed by atoms with Gasteiger partial charge in [-0.2, -0.15) is 0 Å². The van der Waals surface area contributed by atoms with Crippen LogP contribution in [0.4, 0.5) is 0 Å². The Morgan fingerprint density at radius 1 is 1.67 bits per heavy atom. The molecule has 1 atom stereocenters. The second-order valence-electron chi connectivity index (χ2n) is 3.42. The molecule has 0 aromatic carbocycles. The van der Waals surface area contributed by atoms with E-state index in [2.05, 4.69) is 10.6 Å². The van der Waals surface area contributed by atoms with Crippen LogP contribution in [0.1, 0.15) is 10.4 Å². The summed E-state index contributed by atoms with van der Waals surface area (Å²) in [4.78, 5) is 11.5. The molecule has 1 aliphatic heterocycles. The summed E-state index contributed by atoms with van der Waals surface area (Å²) in [7, 11) is 0. The molecule has 2 N–H and O–H groups in total. The molecule has 1 saturated heterocycles. The van der Waals surface area contributed by atoms with Crippen LogP contribution in [0, 0.1) is 0 Å². The van der Waals surface area contributed by atoms with Crippen molar-refractivity contribution in [1.82, 2.24) is 10.6 Å². The number of amides is 1. The van der Waals surface area contributed by atoms with Crippen molar-refractivity contribution in [2.24, 2.45) is 0 Å². The number of hydrogen-bond acceptors (Lipinski definition) is 4. The van der Waals surface area contributed by atoms with Crippen LogP contribution >= 0.6 is 0 Å². The fourth-order valence-corrected chi connectivity index (χ4v) is 1.45. The lowest BCUT2D eigenvalue weighted by atomic mass is 10.3. The summed E-state index contributed by atoms with van der Waals surface area (Å²) in [5.41, 5.74) is 0.541. The summed E-state index contributed by atoms with van der Waals surface area (Å²) in [6.07, 6.45) is 2.97. The van der Waals surface area contributed by atoms with Crippen molar-refractivity contribution >= 4 is 5.91 Å². The fourth-order valence-electron chi connectivity index (χ4n) is 1.45. The average molecular weight is 210 g/mol. The molecule has 0 spiro atoms. The van der Waals surface area contributed by atoms with Crippen LogP contribution in [-0.2, 0) is 4.74 Å². The van der Waals surface area contributed by atoms with E-state index < -0.39 is 0 Å². The van der Waals surface area contributed by atoms with Crippen molar-refractivity contribution in [2.45, 2.75) is 6.10 Å².